The van der Waals surface area contributed by atoms with Crippen LogP contribution < -0.4 is 5.32 Å². The van der Waals surface area contributed by atoms with Crippen molar-refractivity contribution in [2.75, 3.05) is 6.26 Å². The van der Waals surface area contributed by atoms with Crippen molar-refractivity contribution in [3.8, 4) is 0 Å². The molecule has 1 saturated carbocycles. The summed E-state index contributed by atoms with van der Waals surface area (Å²) < 4.78 is 23.7. The second-order valence-electron chi connectivity index (χ2n) is 5.93. The van der Waals surface area contributed by atoms with Gasteiger partial charge in [-0.3, -0.25) is 0 Å². The van der Waals surface area contributed by atoms with Crippen molar-refractivity contribution < 1.29 is 8.42 Å². The summed E-state index contributed by atoms with van der Waals surface area (Å²) in [6, 6.07) is 7.92. The van der Waals surface area contributed by atoms with Crippen molar-refractivity contribution in [3.63, 3.8) is 0 Å². The molecule has 1 aliphatic carbocycles. The lowest BCUT2D eigenvalue weighted by Crippen LogP contribution is -2.41. The van der Waals surface area contributed by atoms with Crippen LogP contribution in [0.5, 0.6) is 0 Å². The molecule has 3 rings (SSSR count). The number of benzene rings is 1. The highest BCUT2D eigenvalue weighted by molar-refractivity contribution is 7.91. The fourth-order valence-corrected chi connectivity index (χ4v) is 4.61. The number of hydrogen-bond acceptors (Lipinski definition) is 4. The third kappa shape index (κ3) is 2.96. The Kier molecular flexibility index (Phi) is 3.75. The molecule has 0 saturated heterocycles. The van der Waals surface area contributed by atoms with E-state index >= 15 is 0 Å². The summed E-state index contributed by atoms with van der Waals surface area (Å²) in [5, 5.41) is 3.17. The highest BCUT2D eigenvalue weighted by Crippen LogP contribution is 2.27. The number of imidazole rings is 1. The first-order chi connectivity index (χ1) is 9.95. The van der Waals surface area contributed by atoms with E-state index in [4.69, 9.17) is 0 Å². The quantitative estimate of drug-likeness (QED) is 0.908. The van der Waals surface area contributed by atoms with Gasteiger partial charge in [0.2, 0.25) is 0 Å². The van der Waals surface area contributed by atoms with Crippen LogP contribution >= 0.6 is 0 Å². The van der Waals surface area contributed by atoms with Gasteiger partial charge in [0.15, 0.2) is 9.84 Å². The number of rotatable bonds is 4. The van der Waals surface area contributed by atoms with Crippen LogP contribution in [-0.2, 0) is 9.84 Å². The van der Waals surface area contributed by atoms with Crippen molar-refractivity contribution in [3.05, 3.63) is 30.1 Å². The van der Waals surface area contributed by atoms with E-state index in [0.29, 0.717) is 0 Å². The van der Waals surface area contributed by atoms with Gasteiger partial charge >= 0.3 is 0 Å². The fraction of sp³-hybridized carbons (Fsp3) is 0.533. The Bertz CT molecular complexity index is 705. The molecule has 1 aromatic heterocycles. The van der Waals surface area contributed by atoms with E-state index in [-0.39, 0.29) is 17.3 Å². The van der Waals surface area contributed by atoms with Crippen LogP contribution in [0, 0.1) is 0 Å². The minimum atomic E-state index is -3.00. The predicted octanol–water partition coefficient (Wildman–Crippen LogP) is 2.18. The molecular formula is C15H21N3O2S. The standard InChI is InChI=1S/C15H21N3O2S/c1-10(15-17-11-6-3-4-7-12(11)18-15)16-13-8-5-9-14(13)21(2,19)20/h3-4,6-7,10,13-14,16H,5,8-9H2,1-2H3,(H,17,18). The van der Waals surface area contributed by atoms with Crippen LogP contribution in [0.4, 0.5) is 0 Å². The Morgan fingerprint density at radius 1 is 1.33 bits per heavy atom. The monoisotopic (exact) mass is 307 g/mol. The van der Waals surface area contributed by atoms with Gasteiger partial charge in [0.1, 0.15) is 5.82 Å². The van der Waals surface area contributed by atoms with E-state index in [9.17, 15) is 8.42 Å². The van der Waals surface area contributed by atoms with Gasteiger partial charge in [-0.05, 0) is 31.9 Å². The number of nitrogens with zero attached hydrogens (tertiary/aromatic N) is 1. The van der Waals surface area contributed by atoms with Gasteiger partial charge in [0.05, 0.1) is 22.3 Å². The zero-order valence-corrected chi connectivity index (χ0v) is 13.2. The third-order valence-electron chi connectivity index (χ3n) is 4.28. The van der Waals surface area contributed by atoms with E-state index in [1.807, 2.05) is 31.2 Å². The molecule has 6 heteroatoms. The minimum absolute atomic E-state index is 0.00440. The number of aromatic nitrogens is 2. The molecule has 5 nitrogen and oxygen atoms in total. The minimum Gasteiger partial charge on any atom is -0.341 e. The van der Waals surface area contributed by atoms with Crippen molar-refractivity contribution >= 4 is 20.9 Å². The van der Waals surface area contributed by atoms with Crippen LogP contribution in [0.3, 0.4) is 0 Å². The molecular weight excluding hydrogens is 286 g/mol. The SMILES string of the molecule is CC(NC1CCCC1S(C)(=O)=O)c1nc2ccccc2[nH]1. The molecule has 0 spiro atoms. The maximum Gasteiger partial charge on any atom is 0.151 e. The molecule has 1 heterocycles. The van der Waals surface area contributed by atoms with Crippen LogP contribution in [0.1, 0.15) is 38.1 Å². The number of H-pyrrole nitrogens is 1. The van der Waals surface area contributed by atoms with Crippen molar-refractivity contribution in [2.45, 2.75) is 43.5 Å². The lowest BCUT2D eigenvalue weighted by atomic mass is 10.2. The number of para-hydroxylation sites is 2. The summed E-state index contributed by atoms with van der Waals surface area (Å²) in [6.45, 7) is 2.02. The zero-order valence-electron chi connectivity index (χ0n) is 12.3. The predicted molar refractivity (Wildman–Crippen MR) is 83.9 cm³/mol. The molecule has 3 atom stereocenters. The summed E-state index contributed by atoms with van der Waals surface area (Å²) in [4.78, 5) is 7.87. The molecule has 1 aliphatic rings. The van der Waals surface area contributed by atoms with E-state index in [2.05, 4.69) is 15.3 Å². The number of hydrogen-bond donors (Lipinski definition) is 2. The highest BCUT2D eigenvalue weighted by Gasteiger charge is 2.35. The maximum atomic E-state index is 11.8. The molecule has 0 bridgehead atoms. The fourth-order valence-electron chi connectivity index (χ4n) is 3.21. The third-order valence-corrected chi connectivity index (χ3v) is 5.95. The van der Waals surface area contributed by atoms with Gasteiger partial charge in [0, 0.05) is 12.3 Å². The summed E-state index contributed by atoms with van der Waals surface area (Å²) in [6.07, 6.45) is 3.96. The lowest BCUT2D eigenvalue weighted by Gasteiger charge is -2.23. The zero-order chi connectivity index (χ0) is 15.0. The summed E-state index contributed by atoms with van der Waals surface area (Å²) in [7, 11) is -3.00. The Labute approximate surface area is 125 Å². The van der Waals surface area contributed by atoms with E-state index in [0.717, 1.165) is 36.1 Å². The van der Waals surface area contributed by atoms with Gasteiger partial charge < -0.3 is 10.3 Å². The number of aromatic amines is 1. The Balaban J connectivity index is 1.78. The van der Waals surface area contributed by atoms with Gasteiger partial charge in [-0.15, -0.1) is 0 Å². The molecule has 1 aromatic carbocycles. The second kappa shape index (κ2) is 5.42. The summed E-state index contributed by atoms with van der Waals surface area (Å²) in [5.41, 5.74) is 1.94. The molecule has 21 heavy (non-hydrogen) atoms. The normalized spacial score (nSPS) is 24.5. The van der Waals surface area contributed by atoms with E-state index in [1.54, 1.807) is 0 Å². The number of sulfone groups is 1. The first kappa shape index (κ1) is 14.5. The summed E-state index contributed by atoms with van der Waals surface area (Å²) >= 11 is 0. The molecule has 0 aliphatic heterocycles. The highest BCUT2D eigenvalue weighted by atomic mass is 32.2. The lowest BCUT2D eigenvalue weighted by molar-refractivity contribution is 0.445. The smallest absolute Gasteiger partial charge is 0.151 e. The second-order valence-corrected chi connectivity index (χ2v) is 8.20. The Hall–Kier alpha value is -1.40. The van der Waals surface area contributed by atoms with Crippen molar-refractivity contribution in [2.24, 2.45) is 0 Å². The molecule has 2 N–H and O–H groups in total. The number of nitrogens with one attached hydrogen (secondary N) is 2. The van der Waals surface area contributed by atoms with Crippen LogP contribution in [0.15, 0.2) is 24.3 Å². The van der Waals surface area contributed by atoms with Crippen LogP contribution in [-0.4, -0.2) is 35.9 Å². The topological polar surface area (TPSA) is 74.8 Å². The van der Waals surface area contributed by atoms with Gasteiger partial charge in [-0.25, -0.2) is 13.4 Å². The van der Waals surface area contributed by atoms with E-state index in [1.165, 1.54) is 6.26 Å². The van der Waals surface area contributed by atoms with Gasteiger partial charge in [-0.2, -0.15) is 0 Å². The van der Waals surface area contributed by atoms with Crippen molar-refractivity contribution in [1.82, 2.24) is 15.3 Å². The Morgan fingerprint density at radius 3 is 2.81 bits per heavy atom. The van der Waals surface area contributed by atoms with Gasteiger partial charge in [0.25, 0.3) is 0 Å². The van der Waals surface area contributed by atoms with Crippen LogP contribution in [0.25, 0.3) is 11.0 Å². The first-order valence-electron chi connectivity index (χ1n) is 7.35. The molecule has 114 valence electrons. The van der Waals surface area contributed by atoms with E-state index < -0.39 is 9.84 Å². The van der Waals surface area contributed by atoms with Gasteiger partial charge in [-0.1, -0.05) is 18.6 Å². The largest absolute Gasteiger partial charge is 0.341 e. The molecule has 3 unspecified atom stereocenters. The van der Waals surface area contributed by atoms with Crippen molar-refractivity contribution in [1.29, 1.82) is 0 Å². The summed E-state index contributed by atoms with van der Waals surface area (Å²) in [5.74, 6) is 0.857. The average Bonchev–Trinajstić information content (AvgIpc) is 3.03. The molecule has 0 amide bonds. The number of fused-ring (bicyclic) bond motifs is 1. The van der Waals surface area contributed by atoms with Crippen LogP contribution in [0.2, 0.25) is 0 Å². The molecule has 0 radical (unpaired) electrons. The first-order valence-corrected chi connectivity index (χ1v) is 9.30. The molecule has 2 aromatic rings. The maximum absolute atomic E-state index is 11.8. The Morgan fingerprint density at radius 2 is 2.10 bits per heavy atom. The average molecular weight is 307 g/mol. The molecule has 1 fully saturated rings.